The van der Waals surface area contributed by atoms with Crippen molar-refractivity contribution in [3.05, 3.63) is 35.4 Å². The summed E-state index contributed by atoms with van der Waals surface area (Å²) in [6.45, 7) is 1.95. The maximum atomic E-state index is 11.7. The Bertz CT molecular complexity index is 604. The van der Waals surface area contributed by atoms with Gasteiger partial charge in [0.15, 0.2) is 5.82 Å². The number of hydrogen-bond acceptors (Lipinski definition) is 3. The molecular weight excluding hydrogens is 391 g/mol. The monoisotopic (exact) mass is 396 g/mol. The Kier molecular flexibility index (Phi) is 4.07. The molecule has 0 aromatic carbocycles. The summed E-state index contributed by atoms with van der Waals surface area (Å²) >= 11 is 13.9. The lowest BCUT2D eigenvalue weighted by molar-refractivity contribution is 0.973. The number of H-pyrrole nitrogens is 1. The first-order valence-electron chi connectivity index (χ1n) is 4.76. The third-order valence-corrected chi connectivity index (χ3v) is 5.44. The van der Waals surface area contributed by atoms with Crippen LogP contribution in [0.2, 0.25) is 4.34 Å². The molecule has 2 aromatic heterocycles. The SMILES string of the molecule is CCc1nc(-c2cc(Br)c(Cl)s2)[nH]c(=O)c1Br. The van der Waals surface area contributed by atoms with Gasteiger partial charge in [0.2, 0.25) is 0 Å². The van der Waals surface area contributed by atoms with Crippen LogP contribution >= 0.6 is 54.8 Å². The Morgan fingerprint density at radius 3 is 2.76 bits per heavy atom. The second kappa shape index (κ2) is 5.22. The van der Waals surface area contributed by atoms with Gasteiger partial charge in [-0.3, -0.25) is 4.79 Å². The minimum atomic E-state index is -0.174. The lowest BCUT2D eigenvalue weighted by atomic mass is 10.3. The summed E-state index contributed by atoms with van der Waals surface area (Å²) < 4.78 is 1.94. The Morgan fingerprint density at radius 2 is 2.24 bits per heavy atom. The maximum Gasteiger partial charge on any atom is 0.265 e. The molecule has 0 aliphatic carbocycles. The van der Waals surface area contributed by atoms with Gasteiger partial charge in [-0.2, -0.15) is 0 Å². The quantitative estimate of drug-likeness (QED) is 0.823. The molecule has 0 bridgehead atoms. The zero-order chi connectivity index (χ0) is 12.6. The van der Waals surface area contributed by atoms with E-state index in [0.717, 1.165) is 15.0 Å². The normalized spacial score (nSPS) is 10.8. The number of aryl methyl sites for hydroxylation is 1. The summed E-state index contributed by atoms with van der Waals surface area (Å²) in [7, 11) is 0. The highest BCUT2D eigenvalue weighted by atomic mass is 79.9. The van der Waals surface area contributed by atoms with E-state index in [1.807, 2.05) is 13.0 Å². The Labute approximate surface area is 123 Å². The number of nitrogens with zero attached hydrogens (tertiary/aromatic N) is 1. The number of halogens is 3. The molecule has 7 heteroatoms. The zero-order valence-electron chi connectivity index (χ0n) is 8.68. The molecule has 0 radical (unpaired) electrons. The third-order valence-electron chi connectivity index (χ3n) is 2.14. The number of aromatic amines is 1. The molecule has 2 heterocycles. The van der Waals surface area contributed by atoms with Gasteiger partial charge in [0.25, 0.3) is 5.56 Å². The first kappa shape index (κ1) is 13.3. The van der Waals surface area contributed by atoms with E-state index in [9.17, 15) is 4.79 Å². The van der Waals surface area contributed by atoms with Crippen LogP contribution in [0.5, 0.6) is 0 Å². The Balaban J connectivity index is 2.60. The van der Waals surface area contributed by atoms with Crippen molar-refractivity contribution in [2.75, 3.05) is 0 Å². The lowest BCUT2D eigenvalue weighted by Crippen LogP contribution is -2.12. The average molecular weight is 399 g/mol. The van der Waals surface area contributed by atoms with E-state index in [0.29, 0.717) is 21.1 Å². The van der Waals surface area contributed by atoms with Crippen molar-refractivity contribution in [1.29, 1.82) is 0 Å². The summed E-state index contributed by atoms with van der Waals surface area (Å²) in [5.74, 6) is 0.549. The van der Waals surface area contributed by atoms with Crippen molar-refractivity contribution >= 4 is 54.8 Å². The minimum Gasteiger partial charge on any atom is -0.305 e. The van der Waals surface area contributed by atoms with E-state index in [1.54, 1.807) is 0 Å². The molecule has 3 nitrogen and oxygen atoms in total. The number of aromatic nitrogens is 2. The zero-order valence-corrected chi connectivity index (χ0v) is 13.4. The van der Waals surface area contributed by atoms with E-state index in [4.69, 9.17) is 11.6 Å². The topological polar surface area (TPSA) is 45.8 Å². The van der Waals surface area contributed by atoms with Gasteiger partial charge in [-0.15, -0.1) is 11.3 Å². The van der Waals surface area contributed by atoms with E-state index >= 15 is 0 Å². The van der Waals surface area contributed by atoms with E-state index < -0.39 is 0 Å². The van der Waals surface area contributed by atoms with Crippen molar-refractivity contribution in [2.45, 2.75) is 13.3 Å². The standard InChI is InChI=1S/C10H7Br2ClN2OS/c1-2-5-7(12)10(16)15-9(14-5)6-3-4(11)8(13)17-6/h3H,2H2,1H3,(H,14,15,16). The fourth-order valence-corrected chi connectivity index (χ4v) is 3.43. The van der Waals surface area contributed by atoms with Crippen LogP contribution in [0.1, 0.15) is 12.6 Å². The van der Waals surface area contributed by atoms with Crippen molar-refractivity contribution in [1.82, 2.24) is 9.97 Å². The third kappa shape index (κ3) is 2.65. The second-order valence-electron chi connectivity index (χ2n) is 3.26. The highest BCUT2D eigenvalue weighted by molar-refractivity contribution is 9.10. The summed E-state index contributed by atoms with van der Waals surface area (Å²) in [4.78, 5) is 19.7. The van der Waals surface area contributed by atoms with Gasteiger partial charge < -0.3 is 4.98 Å². The van der Waals surface area contributed by atoms with Crippen LogP contribution in [-0.4, -0.2) is 9.97 Å². The van der Waals surface area contributed by atoms with Crippen molar-refractivity contribution in [2.24, 2.45) is 0 Å². The molecule has 0 spiro atoms. The predicted octanol–water partition coefficient (Wildman–Crippen LogP) is 4.24. The maximum absolute atomic E-state index is 11.7. The van der Waals surface area contributed by atoms with Gasteiger partial charge >= 0.3 is 0 Å². The van der Waals surface area contributed by atoms with Gasteiger partial charge in [0, 0.05) is 4.47 Å². The first-order chi connectivity index (χ1) is 8.02. The molecule has 90 valence electrons. The van der Waals surface area contributed by atoms with E-state index in [2.05, 4.69) is 41.8 Å². The molecule has 17 heavy (non-hydrogen) atoms. The van der Waals surface area contributed by atoms with Gasteiger partial charge in [-0.05, 0) is 44.3 Å². The number of rotatable bonds is 2. The molecular formula is C10H7Br2ClN2OS. The van der Waals surface area contributed by atoms with Crippen LogP contribution in [-0.2, 0) is 6.42 Å². The van der Waals surface area contributed by atoms with Crippen LogP contribution in [0, 0.1) is 0 Å². The fourth-order valence-electron chi connectivity index (χ4n) is 1.32. The van der Waals surface area contributed by atoms with E-state index in [1.165, 1.54) is 11.3 Å². The number of nitrogens with one attached hydrogen (secondary N) is 1. The predicted molar refractivity (Wildman–Crippen MR) is 78.0 cm³/mol. The average Bonchev–Trinajstić information content (AvgIpc) is 2.63. The van der Waals surface area contributed by atoms with Crippen molar-refractivity contribution in [3.63, 3.8) is 0 Å². The number of thiophene rings is 1. The number of hydrogen-bond donors (Lipinski definition) is 1. The largest absolute Gasteiger partial charge is 0.305 e. The van der Waals surface area contributed by atoms with Crippen molar-refractivity contribution in [3.8, 4) is 10.7 Å². The fraction of sp³-hybridized carbons (Fsp3) is 0.200. The van der Waals surface area contributed by atoms with Gasteiger partial charge in [-0.1, -0.05) is 18.5 Å². The molecule has 2 rings (SSSR count). The van der Waals surface area contributed by atoms with Crippen LogP contribution < -0.4 is 5.56 Å². The first-order valence-corrected chi connectivity index (χ1v) is 7.55. The summed E-state index contributed by atoms with van der Waals surface area (Å²) in [6.07, 6.45) is 0.692. The molecule has 0 unspecified atom stereocenters. The van der Waals surface area contributed by atoms with Gasteiger partial charge in [0.1, 0.15) is 8.81 Å². The molecule has 0 aliphatic heterocycles. The molecule has 0 aliphatic rings. The van der Waals surface area contributed by atoms with Crippen LogP contribution in [0.15, 0.2) is 19.8 Å². The Morgan fingerprint density at radius 1 is 1.53 bits per heavy atom. The summed E-state index contributed by atoms with van der Waals surface area (Å²) in [6, 6.07) is 1.85. The highest BCUT2D eigenvalue weighted by Crippen LogP contribution is 2.36. The molecule has 0 fully saturated rings. The van der Waals surface area contributed by atoms with Crippen molar-refractivity contribution < 1.29 is 0 Å². The van der Waals surface area contributed by atoms with E-state index in [-0.39, 0.29) is 5.56 Å². The molecule has 0 saturated heterocycles. The lowest BCUT2D eigenvalue weighted by Gasteiger charge is -2.02. The Hall–Kier alpha value is -0.170. The van der Waals surface area contributed by atoms with Gasteiger partial charge in [0.05, 0.1) is 10.6 Å². The molecule has 0 amide bonds. The van der Waals surface area contributed by atoms with Crippen LogP contribution in [0.4, 0.5) is 0 Å². The summed E-state index contributed by atoms with van der Waals surface area (Å²) in [5.41, 5.74) is 0.567. The van der Waals surface area contributed by atoms with Crippen LogP contribution in [0.3, 0.4) is 0 Å². The van der Waals surface area contributed by atoms with Gasteiger partial charge in [-0.25, -0.2) is 4.98 Å². The second-order valence-corrected chi connectivity index (χ2v) is 6.56. The highest BCUT2D eigenvalue weighted by Gasteiger charge is 2.12. The molecule has 0 atom stereocenters. The molecule has 1 N–H and O–H groups in total. The molecule has 0 saturated carbocycles. The molecule has 2 aromatic rings. The summed E-state index contributed by atoms with van der Waals surface area (Å²) in [5, 5.41) is 0. The van der Waals surface area contributed by atoms with Crippen LogP contribution in [0.25, 0.3) is 10.7 Å². The minimum absolute atomic E-state index is 0.174. The smallest absolute Gasteiger partial charge is 0.265 e.